The van der Waals surface area contributed by atoms with E-state index >= 15 is 0 Å². The Bertz CT molecular complexity index is 386. The van der Waals surface area contributed by atoms with E-state index in [1.54, 1.807) is 0 Å². The highest BCUT2D eigenvalue weighted by atomic mass is 127. The second-order valence-corrected chi connectivity index (χ2v) is 7.98. The molecule has 0 saturated carbocycles. The number of guanidine groups is 1. The van der Waals surface area contributed by atoms with Gasteiger partial charge in [0.05, 0.1) is 0 Å². The Morgan fingerprint density at radius 3 is 2.07 bits per heavy atom. The summed E-state index contributed by atoms with van der Waals surface area (Å²) in [7, 11) is 1.86. The molecule has 0 amide bonds. The molecule has 0 aliphatic carbocycles. The molecule has 1 unspecified atom stereocenters. The van der Waals surface area contributed by atoms with Crippen molar-refractivity contribution in [3.63, 3.8) is 0 Å². The average molecular weight is 497 g/mol. The lowest BCUT2D eigenvalue weighted by atomic mass is 10.2. The van der Waals surface area contributed by atoms with Crippen LogP contribution in [-0.4, -0.2) is 98.2 Å². The average Bonchev–Trinajstić information content (AvgIpc) is 2.63. The number of halogens is 1. The number of hydrogen-bond donors (Lipinski definition) is 2. The smallest absolute Gasteiger partial charge is 0.191 e. The van der Waals surface area contributed by atoms with Gasteiger partial charge in [-0.15, -0.1) is 24.0 Å². The summed E-state index contributed by atoms with van der Waals surface area (Å²) in [6, 6.07) is 1.73. The van der Waals surface area contributed by atoms with E-state index in [-0.39, 0.29) is 24.0 Å². The lowest BCUT2D eigenvalue weighted by molar-refractivity contribution is 0.107. The molecule has 0 spiro atoms. The first-order chi connectivity index (χ1) is 12.4. The van der Waals surface area contributed by atoms with Gasteiger partial charge in [0.2, 0.25) is 0 Å². The first kappa shape index (κ1) is 26.9. The summed E-state index contributed by atoms with van der Waals surface area (Å²) in [4.78, 5) is 12.0. The molecule has 162 valence electrons. The second kappa shape index (κ2) is 14.8. The Hall–Kier alpha value is -0.120. The maximum Gasteiger partial charge on any atom is 0.191 e. The lowest BCUT2D eigenvalue weighted by Gasteiger charge is -2.37. The first-order valence-electron chi connectivity index (χ1n) is 10.6. The predicted molar refractivity (Wildman–Crippen MR) is 130 cm³/mol. The zero-order chi connectivity index (χ0) is 19.5. The number of nitrogens with one attached hydrogen (secondary N) is 2. The molecule has 27 heavy (non-hydrogen) atoms. The van der Waals surface area contributed by atoms with Crippen molar-refractivity contribution in [2.75, 3.05) is 59.4 Å². The van der Waals surface area contributed by atoms with Crippen LogP contribution in [0.3, 0.4) is 0 Å². The Labute approximate surface area is 185 Å². The summed E-state index contributed by atoms with van der Waals surface area (Å²) in [6.45, 7) is 22.6. The molecular formula is C20H45IN6. The first-order valence-corrected chi connectivity index (χ1v) is 10.6. The van der Waals surface area contributed by atoms with Crippen LogP contribution in [0.15, 0.2) is 4.99 Å². The van der Waals surface area contributed by atoms with Crippen LogP contribution in [0.2, 0.25) is 0 Å². The van der Waals surface area contributed by atoms with Gasteiger partial charge in [-0.25, -0.2) is 0 Å². The zero-order valence-electron chi connectivity index (χ0n) is 18.8. The summed E-state index contributed by atoms with van der Waals surface area (Å²) in [6.07, 6.45) is 1.13. The van der Waals surface area contributed by atoms with Gasteiger partial charge in [-0.1, -0.05) is 6.92 Å². The number of rotatable bonds is 10. The maximum atomic E-state index is 4.37. The van der Waals surface area contributed by atoms with Crippen LogP contribution >= 0.6 is 24.0 Å². The number of aliphatic imine (C=N–C) groups is 1. The molecule has 1 aliphatic rings. The Morgan fingerprint density at radius 1 is 1.00 bits per heavy atom. The number of nitrogens with zero attached hydrogens (tertiary/aromatic N) is 4. The van der Waals surface area contributed by atoms with Crippen LogP contribution < -0.4 is 10.6 Å². The van der Waals surface area contributed by atoms with Crippen molar-refractivity contribution in [3.8, 4) is 0 Å². The fourth-order valence-corrected chi connectivity index (χ4v) is 3.70. The molecule has 1 fully saturated rings. The van der Waals surface area contributed by atoms with Crippen LogP contribution in [0, 0.1) is 0 Å². The summed E-state index contributed by atoms with van der Waals surface area (Å²) >= 11 is 0. The molecule has 0 aromatic rings. The van der Waals surface area contributed by atoms with Gasteiger partial charge in [0.25, 0.3) is 0 Å². The van der Waals surface area contributed by atoms with Crippen LogP contribution in [-0.2, 0) is 0 Å². The molecule has 1 rings (SSSR count). The highest BCUT2D eigenvalue weighted by Gasteiger charge is 2.20. The predicted octanol–water partition coefficient (Wildman–Crippen LogP) is 2.30. The fraction of sp³-hybridized carbons (Fsp3) is 0.950. The van der Waals surface area contributed by atoms with E-state index in [1.807, 2.05) is 7.05 Å². The van der Waals surface area contributed by atoms with Gasteiger partial charge in [-0.3, -0.25) is 14.8 Å². The minimum Gasteiger partial charge on any atom is -0.356 e. The second-order valence-electron chi connectivity index (χ2n) is 7.98. The summed E-state index contributed by atoms with van der Waals surface area (Å²) < 4.78 is 0. The molecule has 0 radical (unpaired) electrons. The highest BCUT2D eigenvalue weighted by Crippen LogP contribution is 2.06. The van der Waals surface area contributed by atoms with Crippen LogP contribution in [0.5, 0.6) is 0 Å². The largest absolute Gasteiger partial charge is 0.356 e. The zero-order valence-corrected chi connectivity index (χ0v) is 21.1. The monoisotopic (exact) mass is 496 g/mol. The normalized spacial score (nSPS) is 18.1. The quantitative estimate of drug-likeness (QED) is 0.210. The molecule has 1 atom stereocenters. The molecule has 2 N–H and O–H groups in total. The van der Waals surface area contributed by atoms with Gasteiger partial charge in [0.1, 0.15) is 0 Å². The van der Waals surface area contributed by atoms with Crippen molar-refractivity contribution in [3.05, 3.63) is 0 Å². The molecule has 0 aromatic carbocycles. The van der Waals surface area contributed by atoms with Crippen molar-refractivity contribution in [2.45, 2.75) is 66.1 Å². The molecular weight excluding hydrogens is 451 g/mol. The Kier molecular flexibility index (Phi) is 14.8. The van der Waals surface area contributed by atoms with Gasteiger partial charge in [-0.05, 0) is 47.6 Å². The maximum absolute atomic E-state index is 4.37. The molecule has 1 saturated heterocycles. The van der Waals surface area contributed by atoms with Crippen molar-refractivity contribution in [2.24, 2.45) is 4.99 Å². The van der Waals surface area contributed by atoms with Crippen molar-refractivity contribution in [1.82, 2.24) is 25.3 Å². The molecule has 0 aromatic heterocycles. The topological polar surface area (TPSA) is 46.1 Å². The number of piperazine rings is 1. The van der Waals surface area contributed by atoms with Crippen molar-refractivity contribution >= 4 is 29.9 Å². The van der Waals surface area contributed by atoms with E-state index in [0.717, 1.165) is 32.0 Å². The molecule has 1 aliphatic heterocycles. The third-order valence-corrected chi connectivity index (χ3v) is 5.48. The van der Waals surface area contributed by atoms with Crippen molar-refractivity contribution < 1.29 is 0 Å². The lowest BCUT2D eigenvalue weighted by Crippen LogP contribution is -2.53. The third kappa shape index (κ3) is 10.3. The van der Waals surface area contributed by atoms with Crippen LogP contribution in [0.4, 0.5) is 0 Å². The van der Waals surface area contributed by atoms with Gasteiger partial charge in [-0.2, -0.15) is 0 Å². The minimum absolute atomic E-state index is 0. The van der Waals surface area contributed by atoms with Gasteiger partial charge in [0, 0.05) is 71.0 Å². The summed E-state index contributed by atoms with van der Waals surface area (Å²) in [5.74, 6) is 0.921. The number of hydrogen-bond acceptors (Lipinski definition) is 4. The van der Waals surface area contributed by atoms with E-state index in [9.17, 15) is 0 Å². The van der Waals surface area contributed by atoms with E-state index in [1.165, 1.54) is 32.7 Å². The van der Waals surface area contributed by atoms with E-state index in [4.69, 9.17) is 0 Å². The van der Waals surface area contributed by atoms with Crippen LogP contribution in [0.1, 0.15) is 48.0 Å². The van der Waals surface area contributed by atoms with Crippen LogP contribution in [0.25, 0.3) is 0 Å². The van der Waals surface area contributed by atoms with E-state index < -0.39 is 0 Å². The Morgan fingerprint density at radius 2 is 1.59 bits per heavy atom. The van der Waals surface area contributed by atoms with Gasteiger partial charge >= 0.3 is 0 Å². The highest BCUT2D eigenvalue weighted by molar-refractivity contribution is 14.0. The van der Waals surface area contributed by atoms with Gasteiger partial charge in [0.15, 0.2) is 5.96 Å². The summed E-state index contributed by atoms with van der Waals surface area (Å²) in [5.41, 5.74) is 0. The van der Waals surface area contributed by atoms with Gasteiger partial charge < -0.3 is 15.5 Å². The minimum atomic E-state index is 0. The van der Waals surface area contributed by atoms with E-state index in [2.05, 4.69) is 71.9 Å². The molecule has 0 bridgehead atoms. The standard InChI is InChI=1S/C20H44N6.HI/c1-8-24-12-14-25(15-13-24)19(6)16-23-20(21-7)22-10-9-11-26(17(2)3)18(4)5;/h17-19H,8-16H2,1-7H3,(H2,21,22,23);1H. The molecule has 6 nitrogen and oxygen atoms in total. The molecule has 1 heterocycles. The fourth-order valence-electron chi connectivity index (χ4n) is 3.70. The van der Waals surface area contributed by atoms with Crippen molar-refractivity contribution in [1.29, 1.82) is 0 Å². The van der Waals surface area contributed by atoms with E-state index in [0.29, 0.717) is 18.1 Å². The SMILES string of the molecule is CCN1CCN(C(C)CNC(=NC)NCCCN(C(C)C)C(C)C)CC1.I. The molecule has 7 heteroatoms. The number of likely N-dealkylation sites (N-methyl/N-ethyl adjacent to an activating group) is 1. The Balaban J connectivity index is 0.00000676. The third-order valence-electron chi connectivity index (χ3n) is 5.48. The summed E-state index contributed by atoms with van der Waals surface area (Å²) in [5, 5.41) is 6.96.